The van der Waals surface area contributed by atoms with Crippen molar-refractivity contribution in [2.24, 2.45) is 0 Å². The second kappa shape index (κ2) is 7.98. The van der Waals surface area contributed by atoms with Gasteiger partial charge < -0.3 is 12.4 Å². The van der Waals surface area contributed by atoms with Crippen molar-refractivity contribution >= 4 is 11.6 Å². The van der Waals surface area contributed by atoms with E-state index in [9.17, 15) is 0 Å². The fraction of sp³-hybridized carbons (Fsp3) is 0.105. The molecule has 0 radical (unpaired) electrons. The zero-order valence-electron chi connectivity index (χ0n) is 12.0. The Bertz CT molecular complexity index is 632. The van der Waals surface area contributed by atoms with Gasteiger partial charge in [0.2, 0.25) is 5.50 Å². The molecule has 3 heteroatoms. The summed E-state index contributed by atoms with van der Waals surface area (Å²) in [6.07, 6.45) is 4.02. The number of hydrogen-bond donors (Lipinski definition) is 0. The van der Waals surface area contributed by atoms with Crippen LogP contribution in [-0.4, -0.2) is 0 Å². The Balaban J connectivity index is 0.00000176. The van der Waals surface area contributed by atoms with Crippen molar-refractivity contribution < 1.29 is 17.0 Å². The smallest absolute Gasteiger partial charge is 0.243 e. The van der Waals surface area contributed by atoms with Gasteiger partial charge in [-0.05, 0) is 22.7 Å². The third-order valence-corrected chi connectivity index (χ3v) is 4.09. The van der Waals surface area contributed by atoms with E-state index in [-0.39, 0.29) is 23.8 Å². The van der Waals surface area contributed by atoms with Crippen molar-refractivity contribution in [3.63, 3.8) is 0 Å². The molecule has 0 aliphatic carbocycles. The summed E-state index contributed by atoms with van der Waals surface area (Å²) < 4.78 is 2.05. The number of hydrogen-bond acceptors (Lipinski definition) is 0. The molecule has 22 heavy (non-hydrogen) atoms. The Kier molecular flexibility index (Phi) is 6.00. The molecule has 1 atom stereocenters. The van der Waals surface area contributed by atoms with Crippen LogP contribution >= 0.6 is 11.6 Å². The Morgan fingerprint density at radius 3 is 1.50 bits per heavy atom. The minimum absolute atomic E-state index is 0. The molecule has 0 aliphatic heterocycles. The van der Waals surface area contributed by atoms with Gasteiger partial charge in [-0.2, -0.15) is 4.57 Å². The molecule has 0 spiro atoms. The van der Waals surface area contributed by atoms with Gasteiger partial charge >= 0.3 is 0 Å². The Morgan fingerprint density at radius 2 is 1.05 bits per heavy atom. The van der Waals surface area contributed by atoms with E-state index in [2.05, 4.69) is 48.5 Å². The maximum absolute atomic E-state index is 6.80. The monoisotopic (exact) mass is 329 g/mol. The maximum Gasteiger partial charge on any atom is 0.243 e. The fourth-order valence-electron chi connectivity index (χ4n) is 2.58. The maximum atomic E-state index is 6.80. The predicted molar refractivity (Wildman–Crippen MR) is 86.3 cm³/mol. The van der Waals surface area contributed by atoms with E-state index in [0.29, 0.717) is 0 Å². The quantitative estimate of drug-likeness (QED) is 0.505. The first-order valence-electron chi connectivity index (χ1n) is 7.06. The predicted octanol–water partition coefficient (Wildman–Crippen LogP) is 1.55. The number of halogens is 2. The lowest BCUT2D eigenvalue weighted by atomic mass is 9.91. The molecule has 0 saturated heterocycles. The fourth-order valence-corrected chi connectivity index (χ4v) is 3.00. The molecule has 3 aromatic rings. The van der Waals surface area contributed by atoms with Crippen molar-refractivity contribution in [1.82, 2.24) is 0 Å². The summed E-state index contributed by atoms with van der Waals surface area (Å²) in [5.41, 5.74) is 2.27. The normalized spacial score (nSPS) is 11.7. The minimum atomic E-state index is -0.170. The highest BCUT2D eigenvalue weighted by Crippen LogP contribution is 2.34. The van der Waals surface area contributed by atoms with E-state index in [1.165, 1.54) is 11.1 Å². The number of rotatable bonds is 4. The van der Waals surface area contributed by atoms with Crippen LogP contribution in [0, 0.1) is 0 Å². The van der Waals surface area contributed by atoms with Crippen LogP contribution in [0.3, 0.4) is 0 Å². The van der Waals surface area contributed by atoms with Crippen LogP contribution in [0.2, 0.25) is 0 Å². The largest absolute Gasteiger partial charge is 1.00 e. The molecule has 0 bridgehead atoms. The summed E-state index contributed by atoms with van der Waals surface area (Å²) in [7, 11) is 0. The van der Waals surface area contributed by atoms with Crippen molar-refractivity contribution in [3.05, 3.63) is 102 Å². The lowest BCUT2D eigenvalue weighted by molar-refractivity contribution is -0.704. The molecule has 1 nitrogen and oxygen atoms in total. The average molecular weight is 330 g/mol. The van der Waals surface area contributed by atoms with E-state index in [1.807, 2.05) is 47.3 Å². The second-order valence-electron chi connectivity index (χ2n) is 4.99. The highest BCUT2D eigenvalue weighted by molar-refractivity contribution is 6.18. The molecule has 2 aromatic carbocycles. The van der Waals surface area contributed by atoms with Crippen LogP contribution < -0.4 is 17.0 Å². The van der Waals surface area contributed by atoms with Crippen molar-refractivity contribution in [2.75, 3.05) is 0 Å². The molecule has 0 saturated carbocycles. The van der Waals surface area contributed by atoms with Crippen LogP contribution in [0.15, 0.2) is 91.3 Å². The zero-order valence-corrected chi connectivity index (χ0v) is 13.5. The Hall–Kier alpha value is -1.83. The van der Waals surface area contributed by atoms with E-state index >= 15 is 0 Å². The number of pyridine rings is 1. The molecule has 1 unspecified atom stereocenters. The lowest BCUT2D eigenvalue weighted by Gasteiger charge is -2.19. The number of nitrogens with zero attached hydrogens (tertiary/aromatic N) is 1. The van der Waals surface area contributed by atoms with E-state index < -0.39 is 0 Å². The van der Waals surface area contributed by atoms with E-state index in [1.54, 1.807) is 0 Å². The highest BCUT2D eigenvalue weighted by atomic mass is 35.5. The first kappa shape index (κ1) is 16.5. The number of alkyl halides is 1. The summed E-state index contributed by atoms with van der Waals surface area (Å²) in [5, 5.41) is 0. The zero-order chi connectivity index (χ0) is 14.5. The molecular weight excluding hydrogens is 313 g/mol. The van der Waals surface area contributed by atoms with Gasteiger partial charge in [0.1, 0.15) is 0 Å². The van der Waals surface area contributed by atoms with Gasteiger partial charge in [0, 0.05) is 12.1 Å². The summed E-state index contributed by atoms with van der Waals surface area (Å²) >= 11 is 6.80. The van der Waals surface area contributed by atoms with Crippen molar-refractivity contribution in [1.29, 1.82) is 0 Å². The molecule has 112 valence electrons. The van der Waals surface area contributed by atoms with Gasteiger partial charge in [0.15, 0.2) is 12.4 Å². The van der Waals surface area contributed by atoms with E-state index in [0.717, 1.165) is 0 Å². The molecule has 0 N–H and O–H groups in total. The lowest BCUT2D eigenvalue weighted by Crippen LogP contribution is -3.00. The molecule has 1 aromatic heterocycles. The molecular formula is C19H17Cl2N. The van der Waals surface area contributed by atoms with Crippen molar-refractivity contribution in [3.8, 4) is 0 Å². The van der Waals surface area contributed by atoms with E-state index in [4.69, 9.17) is 11.6 Å². The van der Waals surface area contributed by atoms with Gasteiger partial charge in [-0.25, -0.2) is 0 Å². The first-order chi connectivity index (χ1) is 10.4. The second-order valence-corrected chi connectivity index (χ2v) is 5.44. The minimum Gasteiger partial charge on any atom is -1.00 e. The summed E-state index contributed by atoms with van der Waals surface area (Å²) in [6.45, 7) is 0. The van der Waals surface area contributed by atoms with Gasteiger partial charge in [0.05, 0.1) is 5.92 Å². The van der Waals surface area contributed by atoms with Crippen molar-refractivity contribution in [2.45, 2.75) is 11.4 Å². The summed E-state index contributed by atoms with van der Waals surface area (Å²) in [5.74, 6) is 0.112. The first-order valence-corrected chi connectivity index (χ1v) is 7.49. The van der Waals surface area contributed by atoms with Gasteiger partial charge in [-0.15, -0.1) is 0 Å². The average Bonchev–Trinajstić information content (AvgIpc) is 2.58. The molecule has 3 rings (SSSR count). The Morgan fingerprint density at radius 1 is 0.636 bits per heavy atom. The van der Waals surface area contributed by atoms with Crippen LogP contribution in [-0.2, 0) is 0 Å². The summed E-state index contributed by atoms with van der Waals surface area (Å²) in [4.78, 5) is 0. The molecule has 0 fully saturated rings. The topological polar surface area (TPSA) is 3.88 Å². The summed E-state index contributed by atoms with van der Waals surface area (Å²) in [6, 6.07) is 26.9. The SMILES string of the molecule is ClC(C(c1ccccc1)c1ccccc1)[n+]1ccccc1.[Cl-]. The van der Waals surface area contributed by atoms with Crippen LogP contribution in [0.4, 0.5) is 0 Å². The number of aromatic nitrogens is 1. The van der Waals surface area contributed by atoms with Gasteiger partial charge in [0.25, 0.3) is 0 Å². The van der Waals surface area contributed by atoms with Crippen LogP contribution in [0.1, 0.15) is 22.5 Å². The Labute approximate surface area is 142 Å². The molecule has 0 aliphatic rings. The van der Waals surface area contributed by atoms with Gasteiger partial charge in [-0.1, -0.05) is 66.7 Å². The van der Waals surface area contributed by atoms with Crippen LogP contribution in [0.5, 0.6) is 0 Å². The van der Waals surface area contributed by atoms with Crippen LogP contribution in [0.25, 0.3) is 0 Å². The third kappa shape index (κ3) is 3.68. The highest BCUT2D eigenvalue weighted by Gasteiger charge is 2.29. The third-order valence-electron chi connectivity index (χ3n) is 3.62. The van der Waals surface area contributed by atoms with Gasteiger partial charge in [-0.3, -0.25) is 0 Å². The molecule has 1 heterocycles. The molecule has 0 amide bonds. The number of benzene rings is 2. The standard InChI is InChI=1S/C19H17ClN.ClH/c20-19(21-14-8-3-9-15-21)18(16-10-4-1-5-11-16)17-12-6-2-7-13-17;/h1-15,18-19H;1H/q+1;/p-1.